The third kappa shape index (κ3) is 6.23. The van der Waals surface area contributed by atoms with Crippen LogP contribution >= 0.6 is 11.8 Å². The molecular weight excluding hydrogens is 322 g/mol. The number of hydrogen-bond acceptors (Lipinski definition) is 4. The van der Waals surface area contributed by atoms with E-state index in [2.05, 4.69) is 20.8 Å². The molecule has 1 aliphatic heterocycles. The van der Waals surface area contributed by atoms with Gasteiger partial charge in [-0.05, 0) is 19.3 Å². The van der Waals surface area contributed by atoms with Crippen LogP contribution in [0.15, 0.2) is 0 Å². The van der Waals surface area contributed by atoms with Gasteiger partial charge in [0.2, 0.25) is 11.8 Å². The normalized spacial score (nSPS) is 19.2. The Bertz CT molecular complexity index is 479. The first-order valence-electron chi connectivity index (χ1n) is 9.03. The number of carbonyl (C=O) groups is 3. The van der Waals surface area contributed by atoms with Crippen molar-refractivity contribution in [3.8, 4) is 0 Å². The maximum absolute atomic E-state index is 12.4. The van der Waals surface area contributed by atoms with Gasteiger partial charge in [-0.2, -0.15) is 0 Å². The van der Waals surface area contributed by atoms with Crippen LogP contribution in [-0.4, -0.2) is 39.0 Å². The van der Waals surface area contributed by atoms with Gasteiger partial charge in [-0.25, -0.2) is 0 Å². The number of hydrogen-bond donors (Lipinski definition) is 0. The highest BCUT2D eigenvalue weighted by Gasteiger charge is 2.40. The molecule has 1 unspecified atom stereocenters. The lowest BCUT2D eigenvalue weighted by Crippen LogP contribution is -2.33. The van der Waals surface area contributed by atoms with E-state index < -0.39 is 0 Å². The molecule has 0 radical (unpaired) electrons. The third-order valence-electron chi connectivity index (χ3n) is 4.64. The monoisotopic (exact) mass is 355 g/mol. The van der Waals surface area contributed by atoms with Crippen LogP contribution < -0.4 is 0 Å². The number of likely N-dealkylation sites (tertiary alicyclic amines) is 1. The topological polar surface area (TPSA) is 54.5 Å². The number of rotatable bonds is 9. The van der Waals surface area contributed by atoms with Crippen LogP contribution in [0.25, 0.3) is 0 Å². The van der Waals surface area contributed by atoms with Gasteiger partial charge in [0.1, 0.15) is 5.78 Å². The smallest absolute Gasteiger partial charge is 0.242 e. The van der Waals surface area contributed by atoms with Gasteiger partial charge in [0, 0.05) is 29.5 Å². The van der Waals surface area contributed by atoms with Gasteiger partial charge in [-0.15, -0.1) is 11.8 Å². The van der Waals surface area contributed by atoms with Gasteiger partial charge >= 0.3 is 0 Å². The average Bonchev–Trinajstić information content (AvgIpc) is 2.72. The average molecular weight is 356 g/mol. The van der Waals surface area contributed by atoms with Crippen LogP contribution in [-0.2, 0) is 14.4 Å². The van der Waals surface area contributed by atoms with E-state index in [0.717, 1.165) is 25.7 Å². The van der Waals surface area contributed by atoms with Crippen molar-refractivity contribution in [1.29, 1.82) is 0 Å². The Morgan fingerprint density at radius 2 is 1.75 bits per heavy atom. The lowest BCUT2D eigenvalue weighted by atomic mass is 9.88. The molecule has 0 aromatic rings. The zero-order valence-electron chi connectivity index (χ0n) is 16.1. The standard InChI is InChI=1S/C19H33NO3S/c1-7-19(5,6)24-14-13-16(22)20(17(14)23)12-10-8-9-11-15(21)18(2,3)4/h14H,7-13H2,1-6H3. The highest BCUT2D eigenvalue weighted by atomic mass is 32.2. The van der Waals surface area contributed by atoms with Gasteiger partial charge < -0.3 is 0 Å². The van der Waals surface area contributed by atoms with Gasteiger partial charge in [0.15, 0.2) is 0 Å². The summed E-state index contributed by atoms with van der Waals surface area (Å²) < 4.78 is 0.0178. The highest BCUT2D eigenvalue weighted by Crippen LogP contribution is 2.37. The number of thioether (sulfide) groups is 1. The van der Waals surface area contributed by atoms with E-state index in [1.807, 2.05) is 20.8 Å². The summed E-state index contributed by atoms with van der Waals surface area (Å²) in [7, 11) is 0. The first kappa shape index (κ1) is 21.2. The molecule has 1 heterocycles. The van der Waals surface area contributed by atoms with Crippen molar-refractivity contribution in [2.24, 2.45) is 5.41 Å². The number of Topliss-reactive ketones (excluding diaryl/α,β-unsaturated/α-hetero) is 1. The highest BCUT2D eigenvalue weighted by molar-refractivity contribution is 8.02. The number of ketones is 1. The zero-order chi connectivity index (χ0) is 18.5. The molecule has 1 aliphatic rings. The molecule has 0 N–H and O–H groups in total. The second-order valence-corrected chi connectivity index (χ2v) is 10.2. The van der Waals surface area contributed by atoms with Crippen molar-refractivity contribution in [3.63, 3.8) is 0 Å². The molecule has 4 nitrogen and oxygen atoms in total. The number of unbranched alkanes of at least 4 members (excludes halogenated alkanes) is 2. The summed E-state index contributed by atoms with van der Waals surface area (Å²) in [5.74, 6) is 0.196. The first-order valence-corrected chi connectivity index (χ1v) is 9.91. The Morgan fingerprint density at radius 1 is 1.12 bits per heavy atom. The SMILES string of the molecule is CCC(C)(C)SC1CC(=O)N(CCCCCC(=O)C(C)(C)C)C1=O. The van der Waals surface area contributed by atoms with Gasteiger partial charge in [0.25, 0.3) is 0 Å². The number of imide groups is 1. The second kappa shape index (κ2) is 8.50. The second-order valence-electron chi connectivity index (χ2n) is 8.29. The third-order valence-corrected chi connectivity index (χ3v) is 6.22. The van der Waals surface area contributed by atoms with Crippen LogP contribution in [0.5, 0.6) is 0 Å². The van der Waals surface area contributed by atoms with Crippen LogP contribution in [0.2, 0.25) is 0 Å². The maximum atomic E-state index is 12.4. The molecule has 1 saturated heterocycles. The minimum absolute atomic E-state index is 0.0178. The molecular formula is C19H33NO3S. The molecule has 1 atom stereocenters. The molecule has 5 heteroatoms. The minimum Gasteiger partial charge on any atom is -0.299 e. The Hall–Kier alpha value is -0.840. The van der Waals surface area contributed by atoms with Crippen LogP contribution in [0.1, 0.15) is 80.1 Å². The summed E-state index contributed by atoms with van der Waals surface area (Å²) in [6.07, 6.45) is 4.36. The van der Waals surface area contributed by atoms with Gasteiger partial charge in [-0.1, -0.05) is 48.0 Å². The van der Waals surface area contributed by atoms with Crippen molar-refractivity contribution >= 4 is 29.4 Å². The zero-order valence-corrected chi connectivity index (χ0v) is 16.9. The van der Waals surface area contributed by atoms with Crippen molar-refractivity contribution < 1.29 is 14.4 Å². The molecule has 0 spiro atoms. The number of carbonyl (C=O) groups excluding carboxylic acids is 3. The molecule has 138 valence electrons. The number of nitrogens with zero attached hydrogens (tertiary/aromatic N) is 1. The quantitative estimate of drug-likeness (QED) is 0.459. The van der Waals surface area contributed by atoms with E-state index in [4.69, 9.17) is 0 Å². The largest absolute Gasteiger partial charge is 0.299 e. The molecule has 24 heavy (non-hydrogen) atoms. The van der Waals surface area contributed by atoms with Crippen LogP contribution in [0, 0.1) is 5.41 Å². The molecule has 0 aliphatic carbocycles. The van der Waals surface area contributed by atoms with E-state index in [1.54, 1.807) is 11.8 Å². The van der Waals surface area contributed by atoms with Crippen LogP contribution in [0.4, 0.5) is 0 Å². The van der Waals surface area contributed by atoms with E-state index in [0.29, 0.717) is 19.4 Å². The van der Waals surface area contributed by atoms with Gasteiger partial charge in [0.05, 0.1) is 5.25 Å². The van der Waals surface area contributed by atoms with Crippen LogP contribution in [0.3, 0.4) is 0 Å². The Balaban J connectivity index is 2.37. The number of amides is 2. The Labute approximate surface area is 151 Å². The van der Waals surface area contributed by atoms with E-state index in [9.17, 15) is 14.4 Å². The molecule has 1 rings (SSSR count). The summed E-state index contributed by atoms with van der Waals surface area (Å²) in [4.78, 5) is 37.9. The fraction of sp³-hybridized carbons (Fsp3) is 0.842. The first-order chi connectivity index (χ1) is 11.0. The molecule has 1 fully saturated rings. The summed E-state index contributed by atoms with van der Waals surface area (Å²) >= 11 is 1.62. The van der Waals surface area contributed by atoms with E-state index in [-0.39, 0.29) is 33.0 Å². The molecule has 0 aromatic heterocycles. The summed E-state index contributed by atoms with van der Waals surface area (Å²) in [5.41, 5.74) is -0.280. The van der Waals surface area contributed by atoms with Crippen molar-refractivity contribution in [2.45, 2.75) is 90.1 Å². The fourth-order valence-electron chi connectivity index (χ4n) is 2.56. The predicted molar refractivity (Wildman–Crippen MR) is 100 cm³/mol. The van der Waals surface area contributed by atoms with Crippen molar-refractivity contribution in [1.82, 2.24) is 4.90 Å². The summed E-state index contributed by atoms with van der Waals surface area (Å²) in [6.45, 7) is 12.6. The van der Waals surface area contributed by atoms with E-state index >= 15 is 0 Å². The van der Waals surface area contributed by atoms with Crippen molar-refractivity contribution in [2.75, 3.05) is 6.54 Å². The molecule has 2 amide bonds. The lowest BCUT2D eigenvalue weighted by molar-refractivity contribution is -0.138. The van der Waals surface area contributed by atoms with Gasteiger partial charge in [-0.3, -0.25) is 19.3 Å². The summed E-state index contributed by atoms with van der Waals surface area (Å²) in [5, 5.41) is -0.227. The lowest BCUT2D eigenvalue weighted by Gasteiger charge is -2.25. The predicted octanol–water partition coefficient (Wildman–Crippen LogP) is 4.21. The summed E-state index contributed by atoms with van der Waals surface area (Å²) in [6, 6.07) is 0. The fourth-order valence-corrected chi connectivity index (χ4v) is 3.95. The minimum atomic E-state index is -0.280. The van der Waals surface area contributed by atoms with Crippen molar-refractivity contribution in [3.05, 3.63) is 0 Å². The molecule has 0 bridgehead atoms. The molecule has 0 saturated carbocycles. The van der Waals surface area contributed by atoms with E-state index in [1.165, 1.54) is 4.90 Å². The Morgan fingerprint density at radius 3 is 2.29 bits per heavy atom. The molecule has 0 aromatic carbocycles. The Kier molecular flexibility index (Phi) is 7.51. The maximum Gasteiger partial charge on any atom is 0.242 e.